The number of hydrogen-bond donors (Lipinski definition) is 0. The summed E-state index contributed by atoms with van der Waals surface area (Å²) in [6.07, 6.45) is -0.547. The Labute approximate surface area is 176 Å². The minimum Gasteiger partial charge on any atom is -0.442 e. The van der Waals surface area contributed by atoms with Crippen LogP contribution in [0.5, 0.6) is 0 Å². The normalized spacial score (nSPS) is 15.4. The van der Waals surface area contributed by atoms with Crippen LogP contribution in [0.2, 0.25) is 0 Å². The molecule has 0 N–H and O–H groups in total. The van der Waals surface area contributed by atoms with Crippen LogP contribution in [0.4, 0.5) is 4.79 Å². The molecule has 0 unspecified atom stereocenters. The van der Waals surface area contributed by atoms with Crippen molar-refractivity contribution in [3.05, 3.63) is 52.0 Å². The fourth-order valence-electron chi connectivity index (χ4n) is 3.71. The third-order valence-electron chi connectivity index (χ3n) is 5.39. The quantitative estimate of drug-likeness (QED) is 0.682. The van der Waals surface area contributed by atoms with Crippen molar-refractivity contribution >= 4 is 17.0 Å². The monoisotopic (exact) mass is 403 g/mol. The molecule has 1 aliphatic rings. The van der Waals surface area contributed by atoms with Gasteiger partial charge in [-0.3, -0.25) is 0 Å². The SMILES string of the molecule is CC1=C(C#N)C(c2ccc3c(c2)c(C)nn3C(=O)OC(C)(C)C)C(C#N)=C(C)N1C. The number of carbonyl (C=O) groups is 1. The van der Waals surface area contributed by atoms with Crippen LogP contribution < -0.4 is 0 Å². The van der Waals surface area contributed by atoms with Gasteiger partial charge in [0.2, 0.25) is 0 Å². The van der Waals surface area contributed by atoms with E-state index in [9.17, 15) is 15.3 Å². The molecule has 0 amide bonds. The Kier molecular flexibility index (Phi) is 5.18. The Balaban J connectivity index is 2.17. The molecule has 7 nitrogen and oxygen atoms in total. The zero-order valence-electron chi connectivity index (χ0n) is 18.4. The first-order valence-corrected chi connectivity index (χ1v) is 9.68. The van der Waals surface area contributed by atoms with Crippen molar-refractivity contribution in [1.29, 1.82) is 10.5 Å². The average Bonchev–Trinajstić information content (AvgIpc) is 3.01. The molecule has 7 heteroatoms. The molecule has 3 rings (SSSR count). The van der Waals surface area contributed by atoms with Gasteiger partial charge in [-0.15, -0.1) is 0 Å². The standard InChI is InChI=1S/C23H25N5O2/c1-13-17-10-16(8-9-20(17)28(26-13)22(29)30-23(4,5)6)21-18(11-24)14(2)27(7)15(3)19(21)12-25/h8-10,21H,1-7H3. The number of nitriles is 2. The molecule has 0 atom stereocenters. The largest absolute Gasteiger partial charge is 0.442 e. The minimum atomic E-state index is -0.634. The highest BCUT2D eigenvalue weighted by atomic mass is 16.6. The van der Waals surface area contributed by atoms with Crippen molar-refractivity contribution in [3.8, 4) is 12.1 Å². The molecule has 2 aromatic rings. The van der Waals surface area contributed by atoms with Gasteiger partial charge in [0.15, 0.2) is 0 Å². The number of aromatic nitrogens is 2. The van der Waals surface area contributed by atoms with E-state index in [1.165, 1.54) is 4.68 Å². The van der Waals surface area contributed by atoms with E-state index in [1.54, 1.807) is 26.8 Å². The third-order valence-corrected chi connectivity index (χ3v) is 5.39. The van der Waals surface area contributed by atoms with Gasteiger partial charge in [-0.05, 0) is 59.2 Å². The second-order valence-corrected chi connectivity index (χ2v) is 8.47. The van der Waals surface area contributed by atoms with Gasteiger partial charge < -0.3 is 9.64 Å². The predicted molar refractivity (Wildman–Crippen MR) is 113 cm³/mol. The van der Waals surface area contributed by atoms with E-state index in [1.807, 2.05) is 44.9 Å². The average molecular weight is 403 g/mol. The molecule has 1 aromatic heterocycles. The van der Waals surface area contributed by atoms with Gasteiger partial charge >= 0.3 is 6.09 Å². The minimum absolute atomic E-state index is 0.454. The van der Waals surface area contributed by atoms with Gasteiger partial charge in [-0.2, -0.15) is 20.3 Å². The number of rotatable bonds is 1. The van der Waals surface area contributed by atoms with Crippen molar-refractivity contribution in [3.63, 3.8) is 0 Å². The zero-order valence-corrected chi connectivity index (χ0v) is 18.4. The van der Waals surface area contributed by atoms with Gasteiger partial charge in [0.05, 0.1) is 40.4 Å². The molecule has 0 aliphatic carbocycles. The molecule has 0 spiro atoms. The first-order valence-electron chi connectivity index (χ1n) is 9.68. The molecule has 0 radical (unpaired) electrons. The Morgan fingerprint density at radius 1 is 1.10 bits per heavy atom. The maximum atomic E-state index is 12.6. The van der Waals surface area contributed by atoms with E-state index in [0.29, 0.717) is 22.4 Å². The topological polar surface area (TPSA) is 94.9 Å². The van der Waals surface area contributed by atoms with Gasteiger partial charge in [0, 0.05) is 23.8 Å². The van der Waals surface area contributed by atoms with Crippen LogP contribution in [0.3, 0.4) is 0 Å². The summed E-state index contributed by atoms with van der Waals surface area (Å²) in [7, 11) is 1.85. The zero-order chi connectivity index (χ0) is 22.4. The highest BCUT2D eigenvalue weighted by Crippen LogP contribution is 2.41. The lowest BCUT2D eigenvalue weighted by atomic mass is 9.81. The van der Waals surface area contributed by atoms with E-state index >= 15 is 0 Å². The van der Waals surface area contributed by atoms with Crippen LogP contribution in [0, 0.1) is 29.6 Å². The number of benzene rings is 1. The van der Waals surface area contributed by atoms with E-state index < -0.39 is 17.6 Å². The molecule has 0 saturated carbocycles. The summed E-state index contributed by atoms with van der Waals surface area (Å²) in [5.74, 6) is -0.454. The summed E-state index contributed by atoms with van der Waals surface area (Å²) in [5, 5.41) is 24.8. The number of ether oxygens (including phenoxy) is 1. The van der Waals surface area contributed by atoms with E-state index in [-0.39, 0.29) is 0 Å². The van der Waals surface area contributed by atoms with Crippen molar-refractivity contribution in [2.24, 2.45) is 0 Å². The number of aryl methyl sites for hydroxylation is 1. The lowest BCUT2D eigenvalue weighted by molar-refractivity contribution is 0.0522. The van der Waals surface area contributed by atoms with Gasteiger partial charge in [-0.25, -0.2) is 4.79 Å². The van der Waals surface area contributed by atoms with Gasteiger partial charge in [0.25, 0.3) is 0 Å². The third kappa shape index (κ3) is 3.44. The number of allylic oxidation sites excluding steroid dienone is 4. The molecular formula is C23H25N5O2. The molecule has 154 valence electrons. The number of carbonyl (C=O) groups excluding carboxylic acids is 1. The van der Waals surface area contributed by atoms with Gasteiger partial charge in [0.1, 0.15) is 5.60 Å². The Hall–Kier alpha value is -3.58. The molecule has 30 heavy (non-hydrogen) atoms. The van der Waals surface area contributed by atoms with E-state index in [4.69, 9.17) is 4.74 Å². The molecule has 0 bridgehead atoms. The highest BCUT2D eigenvalue weighted by molar-refractivity contribution is 5.90. The number of hydrogen-bond acceptors (Lipinski definition) is 6. The van der Waals surface area contributed by atoms with Crippen LogP contribution in [0.25, 0.3) is 10.9 Å². The summed E-state index contributed by atoms with van der Waals surface area (Å²) >= 11 is 0. The molecular weight excluding hydrogens is 378 g/mol. The molecule has 2 heterocycles. The van der Waals surface area contributed by atoms with Crippen molar-refractivity contribution in [2.75, 3.05) is 7.05 Å². The Morgan fingerprint density at radius 2 is 1.67 bits per heavy atom. The Morgan fingerprint density at radius 3 is 2.17 bits per heavy atom. The number of nitrogens with zero attached hydrogens (tertiary/aromatic N) is 5. The maximum Gasteiger partial charge on any atom is 0.435 e. The Bertz CT molecular complexity index is 1160. The second-order valence-electron chi connectivity index (χ2n) is 8.47. The first-order chi connectivity index (χ1) is 14.0. The second kappa shape index (κ2) is 7.35. The summed E-state index contributed by atoms with van der Waals surface area (Å²) in [5.41, 5.74) is 4.19. The summed E-state index contributed by atoms with van der Waals surface area (Å²) in [4.78, 5) is 14.4. The molecule has 1 aliphatic heterocycles. The lowest BCUT2D eigenvalue weighted by Gasteiger charge is -2.32. The van der Waals surface area contributed by atoms with Crippen LogP contribution in [-0.4, -0.2) is 33.4 Å². The van der Waals surface area contributed by atoms with Crippen LogP contribution in [0.15, 0.2) is 40.7 Å². The maximum absolute atomic E-state index is 12.6. The van der Waals surface area contributed by atoms with E-state index in [0.717, 1.165) is 22.3 Å². The molecule has 0 fully saturated rings. The summed E-state index contributed by atoms with van der Waals surface area (Å²) in [6.45, 7) is 11.0. The fraction of sp³-hybridized carbons (Fsp3) is 0.391. The molecule has 1 aromatic carbocycles. The van der Waals surface area contributed by atoms with Crippen LogP contribution in [-0.2, 0) is 4.74 Å². The fourth-order valence-corrected chi connectivity index (χ4v) is 3.71. The summed E-state index contributed by atoms with van der Waals surface area (Å²) < 4.78 is 6.71. The van der Waals surface area contributed by atoms with Crippen LogP contribution in [0.1, 0.15) is 51.8 Å². The van der Waals surface area contributed by atoms with Crippen molar-refractivity contribution < 1.29 is 9.53 Å². The predicted octanol–water partition coefficient (Wildman–Crippen LogP) is 4.75. The van der Waals surface area contributed by atoms with Gasteiger partial charge in [-0.1, -0.05) is 6.07 Å². The van der Waals surface area contributed by atoms with E-state index in [2.05, 4.69) is 17.2 Å². The number of fused-ring (bicyclic) bond motifs is 1. The highest BCUT2D eigenvalue weighted by Gasteiger charge is 2.32. The van der Waals surface area contributed by atoms with Crippen LogP contribution >= 0.6 is 0 Å². The van der Waals surface area contributed by atoms with Crippen molar-refractivity contribution in [2.45, 2.75) is 53.1 Å². The smallest absolute Gasteiger partial charge is 0.435 e. The molecule has 0 saturated heterocycles. The lowest BCUT2D eigenvalue weighted by Crippen LogP contribution is -2.27. The summed E-state index contributed by atoms with van der Waals surface area (Å²) in [6, 6.07) is 10.1. The van der Waals surface area contributed by atoms with Crippen molar-refractivity contribution in [1.82, 2.24) is 14.7 Å². The first kappa shape index (κ1) is 21.1.